The normalized spacial score (nSPS) is 15.8. The van der Waals surface area contributed by atoms with Gasteiger partial charge in [0.1, 0.15) is 0 Å². The number of aryl methyl sites for hydroxylation is 1. The summed E-state index contributed by atoms with van der Waals surface area (Å²) in [6.45, 7) is 6.04. The maximum Gasteiger partial charge on any atom is 0.251 e. The summed E-state index contributed by atoms with van der Waals surface area (Å²) in [5.41, 5.74) is 4.64. The van der Waals surface area contributed by atoms with Gasteiger partial charge < -0.3 is 25.2 Å². The average molecular weight is 505 g/mol. The topological polar surface area (TPSA) is 96.9 Å². The fourth-order valence-corrected chi connectivity index (χ4v) is 4.70. The van der Waals surface area contributed by atoms with Crippen LogP contribution in [0.3, 0.4) is 0 Å². The Morgan fingerprint density at radius 3 is 2.41 bits per heavy atom. The molecule has 0 saturated heterocycles. The smallest absolute Gasteiger partial charge is 0.251 e. The zero-order valence-electron chi connectivity index (χ0n) is 21.3. The van der Waals surface area contributed by atoms with Crippen LogP contribution in [0.4, 0.5) is 5.69 Å². The van der Waals surface area contributed by atoms with E-state index < -0.39 is 5.41 Å². The molecule has 2 amide bonds. The van der Waals surface area contributed by atoms with Crippen LogP contribution in [0.1, 0.15) is 51.0 Å². The Labute approximate surface area is 219 Å². The Balaban J connectivity index is 0.00000210. The minimum Gasteiger partial charge on any atom is -0.454 e. The van der Waals surface area contributed by atoms with Gasteiger partial charge in [-0.3, -0.25) is 9.59 Å². The van der Waals surface area contributed by atoms with Crippen LogP contribution in [0.15, 0.2) is 60.7 Å². The van der Waals surface area contributed by atoms with E-state index in [9.17, 15) is 14.7 Å². The molecule has 1 saturated carbocycles. The first kappa shape index (κ1) is 24.8. The minimum absolute atomic E-state index is 0. The van der Waals surface area contributed by atoms with Crippen molar-refractivity contribution in [2.75, 3.05) is 18.7 Å². The van der Waals surface area contributed by atoms with Gasteiger partial charge in [-0.2, -0.15) is 0 Å². The second-order valence-electron chi connectivity index (χ2n) is 10.2. The number of benzene rings is 3. The number of anilines is 1. The van der Waals surface area contributed by atoms with Crippen molar-refractivity contribution in [3.05, 3.63) is 77.4 Å². The number of fused-ring (bicyclic) bond motifs is 1. The molecule has 1 heterocycles. The first-order valence-corrected chi connectivity index (χ1v) is 12.6. The van der Waals surface area contributed by atoms with Gasteiger partial charge in [0.25, 0.3) is 5.91 Å². The van der Waals surface area contributed by atoms with Crippen LogP contribution in [0.5, 0.6) is 11.5 Å². The lowest BCUT2D eigenvalue weighted by Gasteiger charge is -2.20. The molecule has 7 heteroatoms. The summed E-state index contributed by atoms with van der Waals surface area (Å²) in [7, 11) is 0. The van der Waals surface area contributed by atoms with E-state index >= 15 is 0 Å². The van der Waals surface area contributed by atoms with E-state index in [4.69, 9.17) is 9.47 Å². The fourth-order valence-electron chi connectivity index (χ4n) is 4.70. The molecule has 1 aliphatic carbocycles. The van der Waals surface area contributed by atoms with Crippen molar-refractivity contribution in [2.45, 2.75) is 45.1 Å². The Kier molecular flexibility index (Phi) is 6.65. The van der Waals surface area contributed by atoms with Crippen LogP contribution in [-0.4, -0.2) is 36.4 Å². The van der Waals surface area contributed by atoms with E-state index in [0.29, 0.717) is 17.1 Å². The van der Waals surface area contributed by atoms with Crippen LogP contribution in [0.2, 0.25) is 0 Å². The molecule has 0 radical (unpaired) electrons. The highest BCUT2D eigenvalue weighted by atomic mass is 16.7. The summed E-state index contributed by atoms with van der Waals surface area (Å²) in [6, 6.07) is 18.7. The zero-order chi connectivity index (χ0) is 26.2. The summed E-state index contributed by atoms with van der Waals surface area (Å²) >= 11 is 0. The highest BCUT2D eigenvalue weighted by Crippen LogP contribution is 2.51. The molecule has 0 spiro atoms. The number of aliphatic hydroxyl groups excluding tert-OH is 1. The third-order valence-corrected chi connectivity index (χ3v) is 7.38. The molecular formula is C30H36N2O5. The Morgan fingerprint density at radius 2 is 1.73 bits per heavy atom. The summed E-state index contributed by atoms with van der Waals surface area (Å²) in [4.78, 5) is 26.0. The van der Waals surface area contributed by atoms with E-state index in [0.717, 1.165) is 40.8 Å². The van der Waals surface area contributed by atoms with Crippen molar-refractivity contribution in [3.63, 3.8) is 0 Å². The Morgan fingerprint density at radius 1 is 1.00 bits per heavy atom. The van der Waals surface area contributed by atoms with E-state index in [1.54, 1.807) is 12.1 Å². The predicted octanol–water partition coefficient (Wildman–Crippen LogP) is 5.30. The molecular weight excluding hydrogens is 468 g/mol. The number of ether oxygens (including phenoxy) is 2. The number of hydrogen-bond acceptors (Lipinski definition) is 5. The van der Waals surface area contributed by atoms with Gasteiger partial charge in [0, 0.05) is 14.1 Å². The average Bonchev–Trinajstić information content (AvgIpc) is 3.58. The van der Waals surface area contributed by atoms with Gasteiger partial charge in [0.05, 0.1) is 18.1 Å². The maximum atomic E-state index is 13.4. The van der Waals surface area contributed by atoms with Gasteiger partial charge in [-0.1, -0.05) is 38.1 Å². The molecule has 1 fully saturated rings. The maximum absolute atomic E-state index is 13.4. The van der Waals surface area contributed by atoms with Crippen LogP contribution in [0, 0.1) is 12.8 Å². The van der Waals surface area contributed by atoms with Gasteiger partial charge in [0.15, 0.2) is 11.5 Å². The second-order valence-corrected chi connectivity index (χ2v) is 10.2. The van der Waals surface area contributed by atoms with Crippen molar-refractivity contribution in [3.8, 4) is 22.6 Å². The third-order valence-electron chi connectivity index (χ3n) is 7.38. The standard InChI is InChI=1S/C30H32N2O5.2H2/c1-18(2)25(16-33)32-28(34)21-7-5-20(6-8-21)24-15-23(10-4-19(24)3)31-29(35)30(12-13-30)22-9-11-26-27(14-22)37-17-36-26;;/h4-11,14-15,18,25,33H,12-13,16-17H2,1-3H3,(H,31,35)(H,32,34);2*1H/t25-;;/m0../s1. The van der Waals surface area contributed by atoms with Gasteiger partial charge >= 0.3 is 0 Å². The molecule has 3 N–H and O–H groups in total. The van der Waals surface area contributed by atoms with Crippen molar-refractivity contribution < 1.29 is 27.0 Å². The van der Waals surface area contributed by atoms with E-state index in [1.165, 1.54) is 0 Å². The molecule has 7 nitrogen and oxygen atoms in total. The molecule has 3 aromatic carbocycles. The van der Waals surface area contributed by atoms with Crippen LogP contribution in [0.25, 0.3) is 11.1 Å². The molecule has 0 aromatic heterocycles. The SMILES string of the molecule is Cc1ccc(NC(=O)C2(c3ccc4c(c3)OCO4)CC2)cc1-c1ccc(C(=O)N[C@@H](CO)C(C)C)cc1.[HH].[HH]. The fraction of sp³-hybridized carbons (Fsp3) is 0.333. The van der Waals surface area contributed by atoms with Gasteiger partial charge in [-0.15, -0.1) is 0 Å². The van der Waals surface area contributed by atoms with E-state index in [1.807, 2.05) is 69.3 Å². The van der Waals surface area contributed by atoms with Gasteiger partial charge in [-0.05, 0) is 84.3 Å². The number of amides is 2. The number of carbonyl (C=O) groups excluding carboxylic acids is 2. The molecule has 3 aromatic rings. The summed E-state index contributed by atoms with van der Waals surface area (Å²) < 4.78 is 10.9. The Bertz CT molecular complexity index is 1340. The van der Waals surface area contributed by atoms with Crippen molar-refractivity contribution >= 4 is 17.5 Å². The van der Waals surface area contributed by atoms with Gasteiger partial charge in [-0.25, -0.2) is 0 Å². The van der Waals surface area contributed by atoms with Crippen LogP contribution < -0.4 is 20.1 Å². The largest absolute Gasteiger partial charge is 0.454 e. The summed E-state index contributed by atoms with van der Waals surface area (Å²) in [5, 5.41) is 15.5. The van der Waals surface area contributed by atoms with E-state index in [-0.39, 0.29) is 40.0 Å². The molecule has 1 aliphatic heterocycles. The van der Waals surface area contributed by atoms with Crippen LogP contribution >= 0.6 is 0 Å². The number of carbonyl (C=O) groups is 2. The minimum atomic E-state index is -0.552. The lowest BCUT2D eigenvalue weighted by atomic mass is 9.94. The number of hydrogen-bond donors (Lipinski definition) is 3. The number of aliphatic hydroxyl groups is 1. The molecule has 0 bridgehead atoms. The Hall–Kier alpha value is -3.84. The first-order chi connectivity index (χ1) is 17.8. The number of rotatable bonds is 8. The first-order valence-electron chi connectivity index (χ1n) is 12.6. The highest BCUT2D eigenvalue weighted by molar-refractivity contribution is 6.02. The van der Waals surface area contributed by atoms with E-state index in [2.05, 4.69) is 10.6 Å². The predicted molar refractivity (Wildman–Crippen MR) is 146 cm³/mol. The monoisotopic (exact) mass is 504 g/mol. The lowest BCUT2D eigenvalue weighted by molar-refractivity contribution is -0.118. The molecule has 2 aliphatic rings. The second kappa shape index (κ2) is 9.90. The van der Waals surface area contributed by atoms with Crippen molar-refractivity contribution in [1.29, 1.82) is 0 Å². The van der Waals surface area contributed by atoms with Crippen molar-refractivity contribution in [1.82, 2.24) is 5.32 Å². The third kappa shape index (κ3) is 4.91. The molecule has 196 valence electrons. The summed E-state index contributed by atoms with van der Waals surface area (Å²) in [5.74, 6) is 1.28. The molecule has 37 heavy (non-hydrogen) atoms. The number of nitrogens with one attached hydrogen (secondary N) is 2. The zero-order valence-corrected chi connectivity index (χ0v) is 21.3. The van der Waals surface area contributed by atoms with Crippen LogP contribution in [-0.2, 0) is 10.2 Å². The molecule has 5 rings (SSSR count). The lowest BCUT2D eigenvalue weighted by Crippen LogP contribution is -2.41. The van der Waals surface area contributed by atoms with Crippen molar-refractivity contribution in [2.24, 2.45) is 5.92 Å². The quantitative estimate of drug-likeness (QED) is 0.387. The molecule has 1 atom stereocenters. The highest BCUT2D eigenvalue weighted by Gasteiger charge is 2.51. The molecule has 0 unspecified atom stereocenters. The summed E-state index contributed by atoms with van der Waals surface area (Å²) in [6.07, 6.45) is 1.57. The van der Waals surface area contributed by atoms with Gasteiger partial charge in [0.2, 0.25) is 12.7 Å².